The van der Waals surface area contributed by atoms with Crippen molar-refractivity contribution in [1.29, 1.82) is 0 Å². The summed E-state index contributed by atoms with van der Waals surface area (Å²) in [5.41, 5.74) is -1.33. The number of hydrogen-bond donors (Lipinski definition) is 0. The minimum absolute atomic E-state index is 0.582. The number of rotatable bonds is 4. The van der Waals surface area contributed by atoms with Gasteiger partial charge >= 0.3 is 11.9 Å². The molecule has 0 N–H and O–H groups in total. The molecule has 2 atom stereocenters. The maximum atomic E-state index is 12.0. The predicted molar refractivity (Wildman–Crippen MR) is 68.2 cm³/mol. The maximum Gasteiger partial charge on any atom is 0.324 e. The fourth-order valence-corrected chi connectivity index (χ4v) is 1.55. The molecule has 0 radical (unpaired) electrons. The summed E-state index contributed by atoms with van der Waals surface area (Å²) in [7, 11) is 0. The zero-order valence-electron chi connectivity index (χ0n) is 12.0. The minimum Gasteiger partial charge on any atom is -0.437 e. The lowest BCUT2D eigenvalue weighted by atomic mass is 9.94. The van der Waals surface area contributed by atoms with Gasteiger partial charge in [-0.2, -0.15) is 0 Å². The van der Waals surface area contributed by atoms with E-state index in [0.717, 1.165) is 12.8 Å². The number of azo groups is 1. The molecular weight excluding hydrogens is 248 g/mol. The molecule has 1 rings (SSSR count). The van der Waals surface area contributed by atoms with Crippen LogP contribution in [0.15, 0.2) is 10.2 Å². The average molecular weight is 270 g/mol. The molecule has 0 saturated carbocycles. The Labute approximate surface area is 113 Å². The van der Waals surface area contributed by atoms with E-state index >= 15 is 0 Å². The van der Waals surface area contributed by atoms with Gasteiger partial charge in [0.1, 0.15) is 0 Å². The first kappa shape index (κ1) is 15.6. The number of carbonyl (C=O) groups excluding carboxylic acids is 2. The zero-order chi connectivity index (χ0) is 14.5. The van der Waals surface area contributed by atoms with E-state index in [-0.39, 0.29) is 0 Å². The van der Waals surface area contributed by atoms with Gasteiger partial charge in [-0.05, 0) is 13.8 Å². The van der Waals surface area contributed by atoms with Crippen LogP contribution in [-0.4, -0.2) is 24.4 Å². The lowest BCUT2D eigenvalue weighted by molar-refractivity contribution is -0.174. The van der Waals surface area contributed by atoms with Gasteiger partial charge in [0.05, 0.1) is 0 Å². The lowest BCUT2D eigenvalue weighted by Gasteiger charge is -2.22. The van der Waals surface area contributed by atoms with Crippen LogP contribution in [0, 0.1) is 5.41 Å². The van der Waals surface area contributed by atoms with Gasteiger partial charge in [-0.1, -0.05) is 26.7 Å². The Kier molecular flexibility index (Phi) is 5.44. The normalized spacial score (nSPS) is 28.6. The van der Waals surface area contributed by atoms with Crippen LogP contribution in [0.25, 0.3) is 0 Å². The molecule has 2 unspecified atom stereocenters. The summed E-state index contributed by atoms with van der Waals surface area (Å²) in [6.07, 6.45) is 1.52. The fourth-order valence-electron chi connectivity index (χ4n) is 1.55. The highest BCUT2D eigenvalue weighted by atomic mass is 16.6. The molecule has 0 bridgehead atoms. The monoisotopic (exact) mass is 270 g/mol. The number of nitrogens with zero attached hydrogens (tertiary/aromatic N) is 2. The van der Waals surface area contributed by atoms with Crippen LogP contribution in [0.5, 0.6) is 0 Å². The number of carbonyl (C=O) groups is 2. The summed E-state index contributed by atoms with van der Waals surface area (Å²) < 4.78 is 10.4. The number of ether oxygens (including phenoxy) is 2. The average Bonchev–Trinajstić information content (AvgIpc) is 2.37. The molecule has 0 aromatic heterocycles. The van der Waals surface area contributed by atoms with E-state index < -0.39 is 29.8 Å². The van der Waals surface area contributed by atoms with Crippen molar-refractivity contribution in [3.8, 4) is 0 Å². The molecule has 6 nitrogen and oxygen atoms in total. The molecule has 1 heterocycles. The number of cyclic esters (lactones) is 2. The third-order valence-electron chi connectivity index (χ3n) is 2.90. The summed E-state index contributed by atoms with van der Waals surface area (Å²) in [5, 5.41) is 7.98. The van der Waals surface area contributed by atoms with Crippen LogP contribution in [0.2, 0.25) is 0 Å². The van der Waals surface area contributed by atoms with Crippen LogP contribution >= 0.6 is 0 Å². The van der Waals surface area contributed by atoms with E-state index in [1.165, 1.54) is 13.8 Å². The topological polar surface area (TPSA) is 77.3 Å². The van der Waals surface area contributed by atoms with Crippen LogP contribution in [-0.2, 0) is 19.1 Å². The van der Waals surface area contributed by atoms with E-state index in [4.69, 9.17) is 9.47 Å². The third-order valence-corrected chi connectivity index (χ3v) is 2.90. The highest BCUT2D eigenvalue weighted by Crippen LogP contribution is 2.25. The highest BCUT2D eigenvalue weighted by Gasteiger charge is 2.42. The van der Waals surface area contributed by atoms with Gasteiger partial charge in [-0.25, -0.2) is 0 Å². The van der Waals surface area contributed by atoms with E-state index in [2.05, 4.69) is 10.2 Å². The van der Waals surface area contributed by atoms with Gasteiger partial charge in [-0.15, -0.1) is 10.2 Å². The van der Waals surface area contributed by atoms with Gasteiger partial charge in [0.25, 0.3) is 0 Å². The molecule has 0 fully saturated rings. The SMILES string of the molecule is CCCC1/N=N\C(CCC)OC(=O)C(C)(C)C(=O)O1. The first-order valence-electron chi connectivity index (χ1n) is 6.74. The molecule has 6 heteroatoms. The first-order valence-corrected chi connectivity index (χ1v) is 6.74. The standard InChI is InChI=1S/C13H22N2O4/c1-5-7-9-14-15-10(8-6-2)19-12(17)13(3,4)11(16)18-9/h9-10H,5-8H2,1-4H3/b15-14-. The fraction of sp³-hybridized carbons (Fsp3) is 0.846. The van der Waals surface area contributed by atoms with Crippen molar-refractivity contribution in [2.45, 2.75) is 65.8 Å². The van der Waals surface area contributed by atoms with Gasteiger partial charge < -0.3 is 9.47 Å². The molecule has 108 valence electrons. The molecule has 1 aliphatic heterocycles. The first-order chi connectivity index (χ1) is 8.91. The summed E-state index contributed by atoms with van der Waals surface area (Å²) in [5.74, 6) is -1.24. The van der Waals surface area contributed by atoms with Crippen molar-refractivity contribution >= 4 is 11.9 Å². The Morgan fingerprint density at radius 2 is 1.32 bits per heavy atom. The number of hydrogen-bond acceptors (Lipinski definition) is 6. The van der Waals surface area contributed by atoms with Crippen LogP contribution in [0.1, 0.15) is 53.4 Å². The van der Waals surface area contributed by atoms with Crippen LogP contribution in [0.3, 0.4) is 0 Å². The number of esters is 2. The smallest absolute Gasteiger partial charge is 0.324 e. The molecule has 0 aromatic rings. The Bertz CT molecular complexity index is 334. The molecule has 0 aliphatic carbocycles. The van der Waals surface area contributed by atoms with Crippen molar-refractivity contribution in [2.24, 2.45) is 15.6 Å². The van der Waals surface area contributed by atoms with Crippen molar-refractivity contribution < 1.29 is 19.1 Å². The van der Waals surface area contributed by atoms with Crippen LogP contribution in [0.4, 0.5) is 0 Å². The van der Waals surface area contributed by atoms with Crippen molar-refractivity contribution in [1.82, 2.24) is 0 Å². The van der Waals surface area contributed by atoms with Gasteiger partial charge in [-0.3, -0.25) is 9.59 Å². The Balaban J connectivity index is 2.96. The third kappa shape index (κ3) is 4.01. The van der Waals surface area contributed by atoms with Gasteiger partial charge in [0.2, 0.25) is 12.5 Å². The Morgan fingerprint density at radius 1 is 0.947 bits per heavy atom. The minimum atomic E-state index is -1.33. The van der Waals surface area contributed by atoms with E-state index in [9.17, 15) is 9.59 Å². The molecule has 0 spiro atoms. The molecule has 19 heavy (non-hydrogen) atoms. The summed E-state index contributed by atoms with van der Waals surface area (Å²) in [6, 6.07) is 0. The van der Waals surface area contributed by atoms with Gasteiger partial charge in [0.15, 0.2) is 5.41 Å². The molecular formula is C13H22N2O4. The molecule has 0 saturated heterocycles. The zero-order valence-corrected chi connectivity index (χ0v) is 12.0. The van der Waals surface area contributed by atoms with Crippen molar-refractivity contribution in [3.05, 3.63) is 0 Å². The summed E-state index contributed by atoms with van der Waals surface area (Å²) in [6.45, 7) is 6.92. The second-order valence-corrected chi connectivity index (χ2v) is 5.15. The lowest BCUT2D eigenvalue weighted by Crippen LogP contribution is -2.38. The second-order valence-electron chi connectivity index (χ2n) is 5.15. The Morgan fingerprint density at radius 3 is 1.63 bits per heavy atom. The molecule has 0 aromatic carbocycles. The van der Waals surface area contributed by atoms with E-state index in [1.807, 2.05) is 13.8 Å². The molecule has 0 amide bonds. The van der Waals surface area contributed by atoms with Gasteiger partial charge in [0, 0.05) is 12.8 Å². The largest absolute Gasteiger partial charge is 0.437 e. The maximum absolute atomic E-state index is 12.0. The molecule has 1 aliphatic rings. The van der Waals surface area contributed by atoms with Crippen molar-refractivity contribution in [3.63, 3.8) is 0 Å². The van der Waals surface area contributed by atoms with Crippen molar-refractivity contribution in [2.75, 3.05) is 0 Å². The van der Waals surface area contributed by atoms with E-state index in [0.29, 0.717) is 12.8 Å². The quantitative estimate of drug-likeness (QED) is 0.581. The Hall–Kier alpha value is -1.46. The van der Waals surface area contributed by atoms with E-state index in [1.54, 1.807) is 0 Å². The second kappa shape index (κ2) is 6.63. The highest BCUT2D eigenvalue weighted by molar-refractivity contribution is 5.99. The summed E-state index contributed by atoms with van der Waals surface area (Å²) >= 11 is 0. The van der Waals surface area contributed by atoms with Crippen LogP contribution < -0.4 is 0 Å². The summed E-state index contributed by atoms with van der Waals surface area (Å²) in [4.78, 5) is 24.0. The predicted octanol–water partition coefficient (Wildman–Crippen LogP) is 2.82.